The maximum Gasteiger partial charge on any atom is 0.448 e. The fourth-order valence-corrected chi connectivity index (χ4v) is 0.258. The van der Waals surface area contributed by atoms with Crippen molar-refractivity contribution in [2.24, 2.45) is 0 Å². The summed E-state index contributed by atoms with van der Waals surface area (Å²) < 4.78 is 0. The van der Waals surface area contributed by atoms with Crippen LogP contribution in [0.2, 0.25) is 0 Å². The number of hydrogen-bond acceptors (Lipinski definition) is 3. The molecule has 6 nitrogen and oxygen atoms in total. The van der Waals surface area contributed by atoms with E-state index in [1.54, 1.807) is 0 Å². The largest absolute Gasteiger partial charge is 0.497 e. The summed E-state index contributed by atoms with van der Waals surface area (Å²) in [6.07, 6.45) is 1.24. The van der Waals surface area contributed by atoms with E-state index in [1.807, 2.05) is 0 Å². The zero-order chi connectivity index (χ0) is 5.82. The highest BCUT2D eigenvalue weighted by Gasteiger charge is 1.85. The van der Waals surface area contributed by atoms with E-state index in [1.165, 1.54) is 6.20 Å². The van der Waals surface area contributed by atoms with Gasteiger partial charge in [0.1, 0.15) is 5.10 Å². The Bertz CT molecular complexity index is 225. The Morgan fingerprint density at radius 1 is 1.75 bits per heavy atom. The minimum Gasteiger partial charge on any atom is -0.497 e. The molecule has 0 aliphatic heterocycles. The van der Waals surface area contributed by atoms with Crippen LogP contribution in [0.1, 0.15) is 0 Å². The highest BCUT2D eigenvalue weighted by Crippen LogP contribution is 1.40. The molecule has 0 aliphatic carbocycles. The molecule has 0 saturated carbocycles. The van der Waals surface area contributed by atoms with Gasteiger partial charge in [0, 0.05) is 0 Å². The molecule has 40 valence electrons. The van der Waals surface area contributed by atoms with E-state index in [2.05, 4.69) is 25.4 Å². The van der Waals surface area contributed by atoms with Gasteiger partial charge in [0.05, 0.1) is 5.21 Å². The fraction of sp³-hybridized carbons (Fsp3) is 0. The van der Waals surface area contributed by atoms with E-state index in [-0.39, 0.29) is 5.49 Å². The van der Waals surface area contributed by atoms with E-state index >= 15 is 0 Å². The van der Waals surface area contributed by atoms with E-state index in [0.717, 1.165) is 0 Å². The maximum absolute atomic E-state index is 8.01. The van der Waals surface area contributed by atoms with Crippen LogP contribution < -0.4 is 5.49 Å². The standard InChI is InChI=1S/C2H2N6/c3-5-2-1-4-7-8-6-2/h1H,(H,6,7). The summed E-state index contributed by atoms with van der Waals surface area (Å²) in [7, 11) is 0. The number of aromatic amines is 1. The van der Waals surface area contributed by atoms with Crippen molar-refractivity contribution in [3.05, 3.63) is 17.2 Å². The van der Waals surface area contributed by atoms with Gasteiger partial charge in [-0.25, -0.2) is 0 Å². The molecule has 0 saturated heterocycles. The Labute approximate surface area is 43.8 Å². The van der Waals surface area contributed by atoms with E-state index in [0.29, 0.717) is 0 Å². The van der Waals surface area contributed by atoms with Crippen molar-refractivity contribution >= 4 is 0 Å². The summed E-state index contributed by atoms with van der Waals surface area (Å²) >= 11 is 0. The smallest absolute Gasteiger partial charge is 0.448 e. The molecule has 0 atom stereocenters. The second-order valence-corrected chi connectivity index (χ2v) is 1.02. The van der Waals surface area contributed by atoms with Crippen molar-refractivity contribution in [2.45, 2.75) is 0 Å². The van der Waals surface area contributed by atoms with Crippen molar-refractivity contribution in [3.8, 4) is 0 Å². The first-order valence-electron chi connectivity index (χ1n) is 1.84. The normalized spacial score (nSPS) is 8.00. The summed E-state index contributed by atoms with van der Waals surface area (Å²) in [6, 6.07) is 0. The molecule has 0 aromatic carbocycles. The molecule has 0 bridgehead atoms. The van der Waals surface area contributed by atoms with Gasteiger partial charge in [-0.1, -0.05) is 0 Å². The van der Waals surface area contributed by atoms with Crippen LogP contribution in [-0.4, -0.2) is 25.4 Å². The molecular formula is C2H2N6. The molecule has 6 heteroatoms. The van der Waals surface area contributed by atoms with E-state index in [9.17, 15) is 0 Å². The van der Waals surface area contributed by atoms with Gasteiger partial charge in [-0.3, -0.25) is 0 Å². The lowest BCUT2D eigenvalue weighted by atomic mass is 10.9. The quantitative estimate of drug-likeness (QED) is 0.319. The van der Waals surface area contributed by atoms with Gasteiger partial charge >= 0.3 is 5.49 Å². The molecule has 1 aromatic heterocycles. The Kier molecular flexibility index (Phi) is 1.12. The maximum atomic E-state index is 8.01. The van der Waals surface area contributed by atoms with E-state index < -0.39 is 0 Å². The van der Waals surface area contributed by atoms with Crippen molar-refractivity contribution in [1.82, 2.24) is 20.6 Å². The number of hydrogen-bond donors (Lipinski definition) is 1. The minimum atomic E-state index is 0.0868. The number of rotatable bonds is 0. The summed E-state index contributed by atoms with van der Waals surface area (Å²) in [5.74, 6) is 0. The lowest BCUT2D eigenvalue weighted by molar-refractivity contribution is -0.0745. The Morgan fingerprint density at radius 2 is 2.62 bits per heavy atom. The highest BCUT2D eigenvalue weighted by atomic mass is 15.4. The van der Waals surface area contributed by atoms with Gasteiger partial charge in [-0.2, -0.15) is 10.3 Å². The van der Waals surface area contributed by atoms with Crippen LogP contribution in [0.15, 0.2) is 6.20 Å². The molecule has 1 heterocycles. The van der Waals surface area contributed by atoms with Crippen LogP contribution in [0, 0.1) is 0 Å². The lowest BCUT2D eigenvalue weighted by Crippen LogP contribution is -2.12. The van der Waals surface area contributed by atoms with Crippen LogP contribution in [0.5, 0.6) is 0 Å². The molecule has 0 radical (unpaired) electrons. The number of aromatic nitrogens is 4. The first kappa shape index (κ1) is 4.61. The van der Waals surface area contributed by atoms with Crippen LogP contribution in [0.25, 0.3) is 5.53 Å². The molecule has 1 N–H and O–H groups in total. The van der Waals surface area contributed by atoms with E-state index in [4.69, 9.17) is 5.53 Å². The van der Waals surface area contributed by atoms with Gasteiger partial charge in [-0.05, 0) is 0 Å². The SMILES string of the molecule is [N-]=[N+]=c1cn[nH]nn1. The summed E-state index contributed by atoms with van der Waals surface area (Å²) in [5, 5.41) is 12.1. The summed E-state index contributed by atoms with van der Waals surface area (Å²) in [6.45, 7) is 0. The van der Waals surface area contributed by atoms with Crippen molar-refractivity contribution < 1.29 is 4.79 Å². The number of H-pyrrole nitrogens is 1. The first-order valence-corrected chi connectivity index (χ1v) is 1.84. The molecule has 1 rings (SSSR count). The van der Waals surface area contributed by atoms with Crippen LogP contribution in [-0.2, 0) is 0 Å². The zero-order valence-electron chi connectivity index (χ0n) is 3.81. The topological polar surface area (TPSA) is 90.9 Å². The molecular weight excluding hydrogens is 108 g/mol. The third-order valence-electron chi connectivity index (χ3n) is 0.537. The predicted octanol–water partition coefficient (Wildman–Crippen LogP) is -1.67. The average Bonchev–Trinajstić information content (AvgIpc) is 1.90. The van der Waals surface area contributed by atoms with Gasteiger partial charge in [0.25, 0.3) is 0 Å². The second kappa shape index (κ2) is 1.94. The fourth-order valence-electron chi connectivity index (χ4n) is 0.258. The van der Waals surface area contributed by atoms with Gasteiger partial charge in [-0.15, -0.1) is 0 Å². The molecule has 8 heavy (non-hydrogen) atoms. The van der Waals surface area contributed by atoms with Crippen LogP contribution >= 0.6 is 0 Å². The van der Waals surface area contributed by atoms with Crippen molar-refractivity contribution in [1.29, 1.82) is 0 Å². The Balaban J connectivity index is 3.41. The van der Waals surface area contributed by atoms with Gasteiger partial charge in [0.2, 0.25) is 0 Å². The monoisotopic (exact) mass is 110 g/mol. The molecule has 0 amide bonds. The third kappa shape index (κ3) is 0.742. The molecule has 0 spiro atoms. The van der Waals surface area contributed by atoms with Gasteiger partial charge in [0.15, 0.2) is 6.20 Å². The zero-order valence-corrected chi connectivity index (χ0v) is 3.81. The Hall–Kier alpha value is -1.55. The third-order valence-corrected chi connectivity index (χ3v) is 0.537. The molecule has 0 aliphatic rings. The molecule has 0 unspecified atom stereocenters. The van der Waals surface area contributed by atoms with Crippen molar-refractivity contribution in [3.63, 3.8) is 0 Å². The first-order chi connectivity index (χ1) is 3.93. The van der Waals surface area contributed by atoms with Crippen molar-refractivity contribution in [2.75, 3.05) is 0 Å². The van der Waals surface area contributed by atoms with Crippen LogP contribution in [0.4, 0.5) is 0 Å². The molecule has 0 fully saturated rings. The minimum absolute atomic E-state index is 0.0868. The number of nitrogens with zero attached hydrogens (tertiary/aromatic N) is 5. The highest BCUT2D eigenvalue weighted by molar-refractivity contribution is 4.49. The Morgan fingerprint density at radius 3 is 3.00 bits per heavy atom. The summed E-state index contributed by atoms with van der Waals surface area (Å²) in [5.41, 5.74) is 8.09. The number of nitrogens with one attached hydrogen (secondary N) is 1. The van der Waals surface area contributed by atoms with Gasteiger partial charge < -0.3 is 10.3 Å². The molecule has 1 aromatic rings. The predicted molar refractivity (Wildman–Crippen MR) is 20.9 cm³/mol. The lowest BCUT2D eigenvalue weighted by Gasteiger charge is -1.65. The second-order valence-electron chi connectivity index (χ2n) is 1.02. The van der Waals surface area contributed by atoms with Crippen LogP contribution in [0.3, 0.4) is 0 Å². The average molecular weight is 110 g/mol. The summed E-state index contributed by atoms with van der Waals surface area (Å²) in [4.78, 5) is 2.71.